The lowest BCUT2D eigenvalue weighted by Gasteiger charge is -2.31. The van der Waals surface area contributed by atoms with E-state index in [1.54, 1.807) is 0 Å². The topological polar surface area (TPSA) is 150 Å². The molecule has 0 bridgehead atoms. The van der Waals surface area contributed by atoms with Crippen LogP contribution in [0.15, 0.2) is 11.1 Å². The molecule has 182 valence electrons. The van der Waals surface area contributed by atoms with Crippen molar-refractivity contribution in [2.45, 2.75) is 78.9 Å². The lowest BCUT2D eigenvalue weighted by molar-refractivity contribution is -0.151. The van der Waals surface area contributed by atoms with Gasteiger partial charge in [0.05, 0.1) is 5.60 Å². The van der Waals surface area contributed by atoms with Gasteiger partial charge in [-0.2, -0.15) is 4.68 Å². The molecular weight excluding hydrogens is 430 g/mol. The second kappa shape index (κ2) is 10.2. The lowest BCUT2D eigenvalue weighted by atomic mass is 9.81. The van der Waals surface area contributed by atoms with Gasteiger partial charge in [0.15, 0.2) is 11.3 Å². The molecule has 1 atom stereocenters. The molecule has 2 heterocycles. The van der Waals surface area contributed by atoms with Crippen molar-refractivity contribution in [2.24, 2.45) is 12.5 Å². The summed E-state index contributed by atoms with van der Waals surface area (Å²) in [7, 11) is 1.41. The average molecular weight is 464 g/mol. The third-order valence-electron chi connectivity index (χ3n) is 5.62. The fourth-order valence-electron chi connectivity index (χ4n) is 3.16. The van der Waals surface area contributed by atoms with Gasteiger partial charge in [0.25, 0.3) is 11.8 Å². The van der Waals surface area contributed by atoms with Crippen LogP contribution in [0, 0.1) is 5.41 Å². The van der Waals surface area contributed by atoms with Crippen molar-refractivity contribution >= 4 is 23.2 Å². The minimum Gasteiger partial charge on any atom is -0.362 e. The summed E-state index contributed by atoms with van der Waals surface area (Å²) in [6.07, 6.45) is 2.04. The smallest absolute Gasteiger partial charge is 0.352 e. The number of aromatic nitrogens is 5. The molecule has 0 radical (unpaired) electrons. The summed E-state index contributed by atoms with van der Waals surface area (Å²) in [6, 6.07) is 0. The van der Waals surface area contributed by atoms with Gasteiger partial charge in [-0.3, -0.25) is 25.2 Å². The molecule has 0 aliphatic heterocycles. The summed E-state index contributed by atoms with van der Waals surface area (Å²) in [5, 5.41) is 7.43. The molecular formula is C21H33N7O5. The lowest BCUT2D eigenvalue weighted by Crippen LogP contribution is -2.50. The van der Waals surface area contributed by atoms with Gasteiger partial charge >= 0.3 is 5.69 Å². The van der Waals surface area contributed by atoms with E-state index < -0.39 is 34.6 Å². The van der Waals surface area contributed by atoms with E-state index in [4.69, 9.17) is 4.74 Å². The number of ketones is 1. The maximum absolute atomic E-state index is 12.9. The van der Waals surface area contributed by atoms with Gasteiger partial charge < -0.3 is 4.74 Å². The van der Waals surface area contributed by atoms with E-state index in [-0.39, 0.29) is 23.5 Å². The van der Waals surface area contributed by atoms with E-state index >= 15 is 0 Å². The SMILES string of the molecule is CCCC(C)(C)C(=O)CC(OC(C)(C)CC)C(=O)NNC(=O)c1ncn2c(=O)n(C)nnc12. The predicted octanol–water partition coefficient (Wildman–Crippen LogP) is 0.943. The summed E-state index contributed by atoms with van der Waals surface area (Å²) < 4.78 is 8.00. The van der Waals surface area contributed by atoms with Crippen LogP contribution in [0.5, 0.6) is 0 Å². The Morgan fingerprint density at radius 1 is 1.15 bits per heavy atom. The Bertz CT molecular complexity index is 1090. The van der Waals surface area contributed by atoms with Crippen molar-refractivity contribution in [1.29, 1.82) is 0 Å². The average Bonchev–Trinajstić information content (AvgIpc) is 3.18. The van der Waals surface area contributed by atoms with E-state index in [2.05, 4.69) is 26.1 Å². The quantitative estimate of drug-likeness (QED) is 0.494. The molecule has 2 N–H and O–H groups in total. The van der Waals surface area contributed by atoms with Crippen LogP contribution in [-0.4, -0.2) is 53.7 Å². The van der Waals surface area contributed by atoms with Crippen LogP contribution >= 0.6 is 0 Å². The zero-order chi connectivity index (χ0) is 25.0. The van der Waals surface area contributed by atoms with Crippen molar-refractivity contribution in [3.63, 3.8) is 0 Å². The number of amides is 2. The molecule has 0 aliphatic carbocycles. The largest absolute Gasteiger partial charge is 0.362 e. The van der Waals surface area contributed by atoms with Gasteiger partial charge in [0.2, 0.25) is 0 Å². The van der Waals surface area contributed by atoms with Crippen LogP contribution in [0.25, 0.3) is 5.65 Å². The minimum atomic E-state index is -1.10. The van der Waals surface area contributed by atoms with Crippen molar-refractivity contribution in [3.8, 4) is 0 Å². The van der Waals surface area contributed by atoms with Crippen LogP contribution < -0.4 is 16.5 Å². The second-order valence-corrected chi connectivity index (χ2v) is 9.21. The fourth-order valence-corrected chi connectivity index (χ4v) is 3.16. The van der Waals surface area contributed by atoms with E-state index in [1.165, 1.54) is 7.05 Å². The zero-order valence-electron chi connectivity index (χ0n) is 20.3. The molecule has 12 nitrogen and oxygen atoms in total. The van der Waals surface area contributed by atoms with Gasteiger partial charge in [-0.15, -0.1) is 5.10 Å². The first-order valence-corrected chi connectivity index (χ1v) is 10.9. The number of rotatable bonds is 10. The van der Waals surface area contributed by atoms with Gasteiger partial charge in [-0.1, -0.05) is 39.3 Å². The van der Waals surface area contributed by atoms with Crippen LogP contribution in [0.1, 0.15) is 77.7 Å². The first-order valence-electron chi connectivity index (χ1n) is 10.9. The Labute approximate surface area is 192 Å². The predicted molar refractivity (Wildman–Crippen MR) is 119 cm³/mol. The molecule has 2 rings (SSSR count). The molecule has 0 aromatic carbocycles. The van der Waals surface area contributed by atoms with E-state index in [0.29, 0.717) is 12.8 Å². The molecule has 0 spiro atoms. The normalized spacial score (nSPS) is 13.1. The molecule has 33 heavy (non-hydrogen) atoms. The molecule has 2 aromatic rings. The van der Waals surface area contributed by atoms with Crippen LogP contribution in [0.4, 0.5) is 0 Å². The Morgan fingerprint density at radius 2 is 1.82 bits per heavy atom. The van der Waals surface area contributed by atoms with E-state index in [0.717, 1.165) is 21.8 Å². The number of hydrogen-bond acceptors (Lipinski definition) is 8. The summed E-state index contributed by atoms with van der Waals surface area (Å²) in [5.74, 6) is -1.57. The van der Waals surface area contributed by atoms with Crippen LogP contribution in [-0.2, 0) is 21.4 Å². The first kappa shape index (κ1) is 26.1. The summed E-state index contributed by atoms with van der Waals surface area (Å²) in [4.78, 5) is 54.3. The number of imidazole rings is 1. The highest BCUT2D eigenvalue weighted by atomic mass is 16.5. The van der Waals surface area contributed by atoms with E-state index in [1.807, 2.05) is 41.5 Å². The third-order valence-corrected chi connectivity index (χ3v) is 5.62. The molecule has 0 saturated heterocycles. The Kier molecular flexibility index (Phi) is 8.06. The highest BCUT2D eigenvalue weighted by molar-refractivity contribution is 5.99. The van der Waals surface area contributed by atoms with Gasteiger partial charge in [0.1, 0.15) is 18.2 Å². The van der Waals surface area contributed by atoms with E-state index in [9.17, 15) is 19.2 Å². The maximum Gasteiger partial charge on any atom is 0.352 e. The summed E-state index contributed by atoms with van der Waals surface area (Å²) in [6.45, 7) is 11.2. The maximum atomic E-state index is 12.9. The molecule has 0 saturated carbocycles. The van der Waals surface area contributed by atoms with Gasteiger partial charge in [-0.25, -0.2) is 14.2 Å². The highest BCUT2D eigenvalue weighted by Crippen LogP contribution is 2.27. The summed E-state index contributed by atoms with van der Waals surface area (Å²) in [5.41, 5.74) is 2.52. The Balaban J connectivity index is 2.16. The number of aryl methyl sites for hydroxylation is 1. The molecule has 2 amide bonds. The highest BCUT2D eigenvalue weighted by Gasteiger charge is 2.35. The van der Waals surface area contributed by atoms with Crippen LogP contribution in [0.3, 0.4) is 0 Å². The summed E-state index contributed by atoms with van der Waals surface area (Å²) >= 11 is 0. The zero-order valence-corrected chi connectivity index (χ0v) is 20.3. The Morgan fingerprint density at radius 3 is 2.42 bits per heavy atom. The minimum absolute atomic E-state index is 0.0544. The first-order chi connectivity index (χ1) is 15.3. The number of Topliss-reactive ketones (excluding diaryl/α,β-unsaturated/α-hetero) is 1. The van der Waals surface area contributed by atoms with Crippen molar-refractivity contribution < 1.29 is 19.1 Å². The Hall–Kier alpha value is -3.15. The van der Waals surface area contributed by atoms with Gasteiger partial charge in [-0.05, 0) is 26.7 Å². The number of nitrogens with zero attached hydrogens (tertiary/aromatic N) is 5. The van der Waals surface area contributed by atoms with Crippen molar-refractivity contribution in [1.82, 2.24) is 35.2 Å². The third kappa shape index (κ3) is 6.21. The molecule has 2 aromatic heterocycles. The number of carbonyl (C=O) groups excluding carboxylic acids is 3. The molecule has 0 aliphatic rings. The fraction of sp³-hybridized carbons (Fsp3) is 0.667. The molecule has 0 fully saturated rings. The number of hydrogen-bond donors (Lipinski definition) is 2. The van der Waals surface area contributed by atoms with Crippen LogP contribution in [0.2, 0.25) is 0 Å². The van der Waals surface area contributed by atoms with Crippen molar-refractivity contribution in [2.75, 3.05) is 0 Å². The number of hydrazine groups is 1. The number of fused-ring (bicyclic) bond motifs is 1. The molecule has 12 heteroatoms. The number of nitrogens with one attached hydrogen (secondary N) is 2. The second-order valence-electron chi connectivity index (χ2n) is 9.21. The monoisotopic (exact) mass is 463 g/mol. The van der Waals surface area contributed by atoms with Crippen molar-refractivity contribution in [3.05, 3.63) is 22.5 Å². The standard InChI is InChI=1S/C21H33N7O5/c1-8-10-20(3,4)14(29)11-13(33-21(5,6)9-2)17(30)24-25-18(31)15-16-23-26-27(7)19(32)28(16)12-22-15/h12-13H,8-11H2,1-7H3,(H,24,30)(H,25,31). The number of carbonyl (C=O) groups is 3. The number of ether oxygens (including phenoxy) is 1. The molecule has 1 unspecified atom stereocenters. The van der Waals surface area contributed by atoms with Gasteiger partial charge in [0, 0.05) is 18.9 Å².